The number of nitrogens with zero attached hydrogens (tertiary/aromatic N) is 3. The highest BCUT2D eigenvalue weighted by Gasteiger charge is 2.18. The number of halogens is 1. The molecular formula is C20H23BrN6O3S. The molecule has 0 unspecified atom stereocenters. The smallest absolute Gasteiger partial charge is 0.241 e. The molecule has 2 heterocycles. The second-order valence-corrected chi connectivity index (χ2v) is 9.49. The third kappa shape index (κ3) is 6.20. The van der Waals surface area contributed by atoms with Gasteiger partial charge in [-0.05, 0) is 65.2 Å². The van der Waals surface area contributed by atoms with Gasteiger partial charge >= 0.3 is 0 Å². The van der Waals surface area contributed by atoms with Gasteiger partial charge in [0.25, 0.3) is 0 Å². The number of hydrogen-bond acceptors (Lipinski definition) is 8. The molecule has 164 valence electrons. The molecule has 0 fully saturated rings. The highest BCUT2D eigenvalue weighted by atomic mass is 79.9. The summed E-state index contributed by atoms with van der Waals surface area (Å²) in [5, 5.41) is 15.3. The van der Waals surface area contributed by atoms with Gasteiger partial charge in [-0.3, -0.25) is 4.98 Å². The van der Waals surface area contributed by atoms with E-state index in [9.17, 15) is 13.5 Å². The number of anilines is 3. The Kier molecular flexibility index (Phi) is 7.55. The number of nitrogens with one attached hydrogen (secondary N) is 3. The molecule has 0 saturated heterocycles. The van der Waals surface area contributed by atoms with E-state index in [-0.39, 0.29) is 30.0 Å². The number of aromatic nitrogens is 3. The van der Waals surface area contributed by atoms with Gasteiger partial charge in [-0.25, -0.2) is 18.1 Å². The Morgan fingerprint density at radius 2 is 1.94 bits per heavy atom. The minimum Gasteiger partial charge on any atom is -0.394 e. The molecule has 9 nitrogen and oxygen atoms in total. The van der Waals surface area contributed by atoms with Gasteiger partial charge in [0.1, 0.15) is 5.82 Å². The van der Waals surface area contributed by atoms with Crippen molar-refractivity contribution in [2.45, 2.75) is 31.3 Å². The van der Waals surface area contributed by atoms with Crippen LogP contribution in [0.3, 0.4) is 0 Å². The Labute approximate surface area is 189 Å². The standard InChI is InChI=1S/C20H23BrN6O3S/c1-13-3-4-16(26-20-23-11-17(21)19(27-20)25-14(2)12-28)9-18(13)31(29,30)24-10-15-5-7-22-8-6-15/h3-9,11,14,24,28H,10,12H2,1-2H3,(H2,23,25,26,27)/t14-/m1/s1. The van der Waals surface area contributed by atoms with E-state index in [1.807, 2.05) is 6.92 Å². The highest BCUT2D eigenvalue weighted by Crippen LogP contribution is 2.25. The molecule has 4 N–H and O–H groups in total. The van der Waals surface area contributed by atoms with Crippen LogP contribution in [0.2, 0.25) is 0 Å². The summed E-state index contributed by atoms with van der Waals surface area (Å²) in [4.78, 5) is 12.7. The summed E-state index contributed by atoms with van der Waals surface area (Å²) in [6, 6.07) is 8.32. The van der Waals surface area contributed by atoms with Crippen molar-refractivity contribution in [3.63, 3.8) is 0 Å². The number of pyridine rings is 1. The summed E-state index contributed by atoms with van der Waals surface area (Å²) in [7, 11) is -3.74. The fourth-order valence-electron chi connectivity index (χ4n) is 2.66. The maximum atomic E-state index is 12.9. The van der Waals surface area contributed by atoms with Crippen LogP contribution in [0.5, 0.6) is 0 Å². The molecule has 0 spiro atoms. The largest absolute Gasteiger partial charge is 0.394 e. The number of hydrogen-bond donors (Lipinski definition) is 4. The first-order valence-corrected chi connectivity index (χ1v) is 11.7. The molecule has 3 aromatic rings. The van der Waals surface area contributed by atoms with Gasteiger partial charge in [0, 0.05) is 36.9 Å². The molecule has 31 heavy (non-hydrogen) atoms. The van der Waals surface area contributed by atoms with Crippen molar-refractivity contribution in [3.8, 4) is 0 Å². The van der Waals surface area contributed by atoms with E-state index >= 15 is 0 Å². The van der Waals surface area contributed by atoms with Gasteiger partial charge in [-0.1, -0.05) is 6.07 Å². The molecule has 0 aliphatic rings. The van der Waals surface area contributed by atoms with Crippen molar-refractivity contribution in [3.05, 3.63) is 64.5 Å². The van der Waals surface area contributed by atoms with Gasteiger partial charge in [0.15, 0.2) is 0 Å². The second-order valence-electron chi connectivity index (χ2n) is 6.90. The monoisotopic (exact) mass is 506 g/mol. The van der Waals surface area contributed by atoms with E-state index in [0.717, 1.165) is 5.56 Å². The van der Waals surface area contributed by atoms with Crippen molar-refractivity contribution in [1.82, 2.24) is 19.7 Å². The molecule has 0 bridgehead atoms. The van der Waals surface area contributed by atoms with Gasteiger partial charge in [0.05, 0.1) is 16.0 Å². The van der Waals surface area contributed by atoms with Crippen molar-refractivity contribution >= 4 is 43.4 Å². The lowest BCUT2D eigenvalue weighted by atomic mass is 10.2. The Morgan fingerprint density at radius 1 is 1.19 bits per heavy atom. The fourth-order valence-corrected chi connectivity index (χ4v) is 4.25. The lowest BCUT2D eigenvalue weighted by Gasteiger charge is -2.15. The third-order valence-corrected chi connectivity index (χ3v) is 6.47. The number of benzene rings is 1. The molecule has 0 amide bonds. The predicted octanol–water partition coefficient (Wildman–Crippen LogP) is 2.96. The van der Waals surface area contributed by atoms with E-state index < -0.39 is 10.0 Å². The SMILES string of the molecule is Cc1ccc(Nc2ncc(Br)c(N[C@H](C)CO)n2)cc1S(=O)(=O)NCc1ccncc1. The zero-order valence-corrected chi connectivity index (χ0v) is 19.4. The van der Waals surface area contributed by atoms with Crippen LogP contribution in [0, 0.1) is 6.92 Å². The van der Waals surface area contributed by atoms with Crippen LogP contribution < -0.4 is 15.4 Å². The van der Waals surface area contributed by atoms with Crippen LogP contribution in [-0.2, 0) is 16.6 Å². The van der Waals surface area contributed by atoms with Gasteiger partial charge in [-0.2, -0.15) is 4.98 Å². The van der Waals surface area contributed by atoms with Crippen molar-refractivity contribution in [2.75, 3.05) is 17.2 Å². The first-order chi connectivity index (χ1) is 14.8. The first-order valence-electron chi connectivity index (χ1n) is 9.44. The molecule has 11 heteroatoms. The van der Waals surface area contributed by atoms with E-state index in [1.165, 1.54) is 0 Å². The van der Waals surface area contributed by atoms with Crippen LogP contribution in [0.1, 0.15) is 18.1 Å². The summed E-state index contributed by atoms with van der Waals surface area (Å²) in [5.74, 6) is 0.797. The zero-order valence-electron chi connectivity index (χ0n) is 17.0. The number of rotatable bonds is 9. The van der Waals surface area contributed by atoms with Crippen LogP contribution in [0.25, 0.3) is 0 Å². The minimum absolute atomic E-state index is 0.0507. The Balaban J connectivity index is 1.80. The maximum Gasteiger partial charge on any atom is 0.241 e. The molecule has 0 aliphatic carbocycles. The summed E-state index contributed by atoms with van der Waals surface area (Å²) in [6.07, 6.45) is 4.80. The van der Waals surface area contributed by atoms with Crippen LogP contribution >= 0.6 is 15.9 Å². The molecule has 3 rings (SSSR count). The Bertz CT molecular complexity index is 1140. The molecule has 0 radical (unpaired) electrons. The summed E-state index contributed by atoms with van der Waals surface area (Å²) < 4.78 is 29.0. The van der Waals surface area contributed by atoms with Crippen molar-refractivity contribution in [1.29, 1.82) is 0 Å². The number of aryl methyl sites for hydroxylation is 1. The van der Waals surface area contributed by atoms with Gasteiger partial charge < -0.3 is 15.7 Å². The Hall–Kier alpha value is -2.60. The normalized spacial score (nSPS) is 12.4. The zero-order chi connectivity index (χ0) is 22.4. The number of sulfonamides is 1. The van der Waals surface area contributed by atoms with Gasteiger partial charge in [0.2, 0.25) is 16.0 Å². The average Bonchev–Trinajstić information content (AvgIpc) is 2.76. The van der Waals surface area contributed by atoms with Crippen LogP contribution in [-0.4, -0.2) is 41.1 Å². The first kappa shape index (κ1) is 23.1. The van der Waals surface area contributed by atoms with Crippen LogP contribution in [0.15, 0.2) is 58.3 Å². The molecule has 1 atom stereocenters. The molecular weight excluding hydrogens is 484 g/mol. The van der Waals surface area contributed by atoms with Crippen molar-refractivity contribution in [2.24, 2.45) is 0 Å². The summed E-state index contributed by atoms with van der Waals surface area (Å²) in [5.41, 5.74) is 1.95. The quantitative estimate of drug-likeness (QED) is 0.348. The number of aliphatic hydroxyl groups excluding tert-OH is 1. The van der Waals surface area contributed by atoms with Crippen LogP contribution in [0.4, 0.5) is 17.5 Å². The third-order valence-electron chi connectivity index (χ3n) is 4.35. The van der Waals surface area contributed by atoms with E-state index in [1.54, 1.807) is 55.8 Å². The summed E-state index contributed by atoms with van der Waals surface area (Å²) in [6.45, 7) is 3.66. The second kappa shape index (κ2) is 10.1. The number of aliphatic hydroxyl groups is 1. The van der Waals surface area contributed by atoms with E-state index in [4.69, 9.17) is 0 Å². The molecule has 0 aliphatic heterocycles. The van der Waals surface area contributed by atoms with Crippen molar-refractivity contribution < 1.29 is 13.5 Å². The lowest BCUT2D eigenvalue weighted by Crippen LogP contribution is -2.24. The molecule has 1 aromatic carbocycles. The highest BCUT2D eigenvalue weighted by molar-refractivity contribution is 9.10. The van der Waals surface area contributed by atoms with E-state index in [0.29, 0.717) is 21.5 Å². The summed E-state index contributed by atoms with van der Waals surface area (Å²) >= 11 is 3.37. The van der Waals surface area contributed by atoms with E-state index in [2.05, 4.69) is 46.2 Å². The fraction of sp³-hybridized carbons (Fsp3) is 0.250. The Morgan fingerprint density at radius 3 is 2.65 bits per heavy atom. The topological polar surface area (TPSA) is 129 Å². The van der Waals surface area contributed by atoms with Gasteiger partial charge in [-0.15, -0.1) is 0 Å². The molecule has 2 aromatic heterocycles. The average molecular weight is 507 g/mol. The minimum atomic E-state index is -3.74. The maximum absolute atomic E-state index is 12.9. The lowest BCUT2D eigenvalue weighted by molar-refractivity contribution is 0.281. The molecule has 0 saturated carbocycles. The predicted molar refractivity (Wildman–Crippen MR) is 123 cm³/mol.